The fourth-order valence-electron chi connectivity index (χ4n) is 2.27. The monoisotopic (exact) mass is 286 g/mol. The quantitative estimate of drug-likeness (QED) is 0.847. The van der Waals surface area contributed by atoms with Gasteiger partial charge in [-0.15, -0.1) is 0 Å². The second-order valence-corrected chi connectivity index (χ2v) is 5.40. The van der Waals surface area contributed by atoms with Crippen molar-refractivity contribution in [3.05, 3.63) is 52.2 Å². The zero-order valence-electron chi connectivity index (χ0n) is 13.1. The molecular weight excluding hydrogens is 264 g/mol. The van der Waals surface area contributed by atoms with Crippen LogP contribution in [0.25, 0.3) is 5.69 Å². The highest BCUT2D eigenvalue weighted by molar-refractivity contribution is 5.38. The molecule has 21 heavy (non-hydrogen) atoms. The zero-order valence-corrected chi connectivity index (χ0v) is 13.1. The molecule has 0 amide bonds. The first-order valence-electron chi connectivity index (χ1n) is 7.38. The third-order valence-electron chi connectivity index (χ3n) is 3.06. The third-order valence-corrected chi connectivity index (χ3v) is 3.06. The van der Waals surface area contributed by atoms with Gasteiger partial charge in [-0.2, -0.15) is 0 Å². The first-order valence-corrected chi connectivity index (χ1v) is 7.38. The van der Waals surface area contributed by atoms with E-state index in [1.807, 2.05) is 45.0 Å². The molecule has 112 valence electrons. The smallest absolute Gasteiger partial charge is 0.258 e. The number of rotatable bonds is 5. The van der Waals surface area contributed by atoms with E-state index < -0.39 is 0 Å². The first kappa shape index (κ1) is 15.3. The Bertz CT molecular complexity index is 657. The van der Waals surface area contributed by atoms with Crippen LogP contribution in [0.15, 0.2) is 35.1 Å². The minimum atomic E-state index is -0.0384. The Morgan fingerprint density at radius 1 is 1.24 bits per heavy atom. The number of ether oxygens (including phenoxy) is 1. The lowest BCUT2D eigenvalue weighted by Gasteiger charge is -2.14. The van der Waals surface area contributed by atoms with Crippen LogP contribution in [0, 0.1) is 6.92 Å². The molecule has 2 aromatic rings. The predicted octanol–water partition coefficient (Wildman–Crippen LogP) is 3.28. The summed E-state index contributed by atoms with van der Waals surface area (Å²) in [6.07, 6.45) is 1.86. The summed E-state index contributed by atoms with van der Waals surface area (Å²) in [5.74, 6) is 1.61. The van der Waals surface area contributed by atoms with Gasteiger partial charge in [0, 0.05) is 18.2 Å². The Labute approximate surface area is 125 Å². The van der Waals surface area contributed by atoms with Gasteiger partial charge in [-0.05, 0) is 51.5 Å². The van der Waals surface area contributed by atoms with Crippen LogP contribution in [0.4, 0.5) is 0 Å². The van der Waals surface area contributed by atoms with Crippen LogP contribution in [0.3, 0.4) is 0 Å². The molecule has 0 saturated heterocycles. The number of aryl methyl sites for hydroxylation is 2. The first-order chi connectivity index (χ1) is 10.0. The Hall–Kier alpha value is -2.10. The molecule has 0 bridgehead atoms. The van der Waals surface area contributed by atoms with Gasteiger partial charge in [0.05, 0.1) is 11.8 Å². The topological polar surface area (TPSA) is 44.1 Å². The minimum Gasteiger partial charge on any atom is -0.491 e. The SMILES string of the molecule is CCCc1nc(C)cc(=O)n1-c1ccc(OC(C)C)cc1. The van der Waals surface area contributed by atoms with Crippen LogP contribution in [0.1, 0.15) is 38.7 Å². The van der Waals surface area contributed by atoms with E-state index in [0.29, 0.717) is 0 Å². The molecule has 0 spiro atoms. The Morgan fingerprint density at radius 3 is 2.48 bits per heavy atom. The standard InChI is InChI=1S/C17H22N2O2/c1-5-6-16-18-13(4)11-17(20)19(16)14-7-9-15(10-8-14)21-12(2)3/h7-12H,5-6H2,1-4H3. The van der Waals surface area contributed by atoms with Crippen LogP contribution in [0.5, 0.6) is 5.75 Å². The second kappa shape index (κ2) is 6.57. The Kier molecular flexibility index (Phi) is 4.78. The summed E-state index contributed by atoms with van der Waals surface area (Å²) in [5, 5.41) is 0. The van der Waals surface area contributed by atoms with Gasteiger partial charge in [0.2, 0.25) is 0 Å². The van der Waals surface area contributed by atoms with E-state index in [2.05, 4.69) is 11.9 Å². The van der Waals surface area contributed by atoms with Gasteiger partial charge in [0.15, 0.2) is 0 Å². The fourth-order valence-corrected chi connectivity index (χ4v) is 2.27. The maximum Gasteiger partial charge on any atom is 0.258 e. The number of aromatic nitrogens is 2. The largest absolute Gasteiger partial charge is 0.491 e. The third kappa shape index (κ3) is 3.72. The van der Waals surface area contributed by atoms with Crippen molar-refractivity contribution < 1.29 is 4.74 Å². The molecule has 0 radical (unpaired) electrons. The molecule has 0 atom stereocenters. The van der Waals surface area contributed by atoms with Crippen molar-refractivity contribution in [2.75, 3.05) is 0 Å². The molecule has 0 N–H and O–H groups in total. The molecule has 4 nitrogen and oxygen atoms in total. The van der Waals surface area contributed by atoms with Crippen molar-refractivity contribution in [1.29, 1.82) is 0 Å². The maximum absolute atomic E-state index is 12.3. The minimum absolute atomic E-state index is 0.0384. The number of hydrogen-bond acceptors (Lipinski definition) is 3. The van der Waals surface area contributed by atoms with E-state index in [1.54, 1.807) is 10.6 Å². The molecule has 1 aromatic carbocycles. The lowest BCUT2D eigenvalue weighted by Crippen LogP contribution is -2.23. The lowest BCUT2D eigenvalue weighted by molar-refractivity contribution is 0.242. The average molecular weight is 286 g/mol. The molecule has 0 unspecified atom stereocenters. The van der Waals surface area contributed by atoms with Gasteiger partial charge >= 0.3 is 0 Å². The highest BCUT2D eigenvalue weighted by Gasteiger charge is 2.09. The van der Waals surface area contributed by atoms with Gasteiger partial charge in [0.1, 0.15) is 11.6 Å². The molecule has 0 aliphatic heterocycles. The zero-order chi connectivity index (χ0) is 15.4. The molecule has 0 aliphatic rings. The summed E-state index contributed by atoms with van der Waals surface area (Å²) < 4.78 is 7.31. The average Bonchev–Trinajstić information content (AvgIpc) is 2.39. The van der Waals surface area contributed by atoms with E-state index >= 15 is 0 Å². The normalized spacial score (nSPS) is 10.9. The number of hydrogen-bond donors (Lipinski definition) is 0. The second-order valence-electron chi connectivity index (χ2n) is 5.40. The van der Waals surface area contributed by atoms with E-state index in [0.717, 1.165) is 35.8 Å². The van der Waals surface area contributed by atoms with Gasteiger partial charge < -0.3 is 4.74 Å². The predicted molar refractivity (Wildman–Crippen MR) is 84.3 cm³/mol. The Balaban J connectivity index is 2.43. The summed E-state index contributed by atoms with van der Waals surface area (Å²) in [6.45, 7) is 7.91. The Morgan fingerprint density at radius 2 is 1.90 bits per heavy atom. The van der Waals surface area contributed by atoms with Crippen molar-refractivity contribution in [3.8, 4) is 11.4 Å². The summed E-state index contributed by atoms with van der Waals surface area (Å²) in [7, 11) is 0. The van der Waals surface area contributed by atoms with Crippen molar-refractivity contribution in [3.63, 3.8) is 0 Å². The van der Waals surface area contributed by atoms with E-state index in [9.17, 15) is 4.79 Å². The molecule has 1 heterocycles. The molecule has 0 fully saturated rings. The fraction of sp³-hybridized carbons (Fsp3) is 0.412. The van der Waals surface area contributed by atoms with Crippen molar-refractivity contribution in [2.24, 2.45) is 0 Å². The van der Waals surface area contributed by atoms with Gasteiger partial charge in [0.25, 0.3) is 5.56 Å². The van der Waals surface area contributed by atoms with Crippen LogP contribution in [-0.4, -0.2) is 15.7 Å². The van der Waals surface area contributed by atoms with Crippen LogP contribution in [0.2, 0.25) is 0 Å². The van der Waals surface area contributed by atoms with Crippen LogP contribution >= 0.6 is 0 Å². The highest BCUT2D eigenvalue weighted by atomic mass is 16.5. The van der Waals surface area contributed by atoms with Crippen molar-refractivity contribution in [1.82, 2.24) is 9.55 Å². The summed E-state index contributed by atoms with van der Waals surface area (Å²) in [5.41, 5.74) is 1.55. The summed E-state index contributed by atoms with van der Waals surface area (Å²) >= 11 is 0. The number of nitrogens with zero attached hydrogens (tertiary/aromatic N) is 2. The molecular formula is C17H22N2O2. The molecule has 4 heteroatoms. The molecule has 2 rings (SSSR count). The van der Waals surface area contributed by atoms with Gasteiger partial charge in [-0.25, -0.2) is 4.98 Å². The van der Waals surface area contributed by atoms with Crippen LogP contribution < -0.4 is 10.3 Å². The lowest BCUT2D eigenvalue weighted by atomic mass is 10.2. The highest BCUT2D eigenvalue weighted by Crippen LogP contribution is 2.17. The maximum atomic E-state index is 12.3. The number of benzene rings is 1. The van der Waals surface area contributed by atoms with E-state index in [1.165, 1.54) is 0 Å². The van der Waals surface area contributed by atoms with E-state index in [-0.39, 0.29) is 11.7 Å². The molecule has 0 saturated carbocycles. The van der Waals surface area contributed by atoms with Gasteiger partial charge in [-0.1, -0.05) is 6.92 Å². The van der Waals surface area contributed by atoms with Gasteiger partial charge in [-0.3, -0.25) is 9.36 Å². The molecule has 0 aliphatic carbocycles. The van der Waals surface area contributed by atoms with Crippen molar-refractivity contribution >= 4 is 0 Å². The van der Waals surface area contributed by atoms with Crippen LogP contribution in [-0.2, 0) is 6.42 Å². The van der Waals surface area contributed by atoms with Crippen molar-refractivity contribution in [2.45, 2.75) is 46.6 Å². The summed E-state index contributed by atoms with van der Waals surface area (Å²) in [6, 6.07) is 9.14. The van der Waals surface area contributed by atoms with E-state index in [4.69, 9.17) is 4.74 Å². The summed E-state index contributed by atoms with van der Waals surface area (Å²) in [4.78, 5) is 16.8. The molecule has 1 aromatic heterocycles.